The van der Waals surface area contributed by atoms with Crippen molar-refractivity contribution in [2.75, 3.05) is 5.32 Å². The van der Waals surface area contributed by atoms with E-state index in [4.69, 9.17) is 4.74 Å². The second-order valence-corrected chi connectivity index (χ2v) is 7.16. The summed E-state index contributed by atoms with van der Waals surface area (Å²) in [5.74, 6) is 0. The molecule has 3 rings (SSSR count). The molecule has 3 heteroatoms. The summed E-state index contributed by atoms with van der Waals surface area (Å²) in [7, 11) is 0. The van der Waals surface area contributed by atoms with E-state index in [1.54, 1.807) is 0 Å². The minimum atomic E-state index is -0.538. The fourth-order valence-electron chi connectivity index (χ4n) is 2.72. The Bertz CT molecular complexity index is 823. The van der Waals surface area contributed by atoms with Crippen molar-refractivity contribution in [3.63, 3.8) is 0 Å². The van der Waals surface area contributed by atoms with Gasteiger partial charge in [-0.1, -0.05) is 60.7 Å². The van der Waals surface area contributed by atoms with Gasteiger partial charge in [0.2, 0.25) is 0 Å². The molecule has 0 aliphatic carbocycles. The van der Waals surface area contributed by atoms with Crippen LogP contribution in [0.4, 0.5) is 10.5 Å². The molecule has 0 fully saturated rings. The lowest BCUT2D eigenvalue weighted by molar-refractivity contribution is 0.0636. The molecule has 0 saturated heterocycles. The number of carbonyl (C=O) groups excluding carboxylic acids is 1. The van der Waals surface area contributed by atoms with E-state index in [-0.39, 0.29) is 0 Å². The van der Waals surface area contributed by atoms with Gasteiger partial charge < -0.3 is 4.74 Å². The highest BCUT2D eigenvalue weighted by Gasteiger charge is 2.16. The molecule has 0 radical (unpaired) electrons. The van der Waals surface area contributed by atoms with Crippen LogP contribution in [0.3, 0.4) is 0 Å². The molecule has 3 aromatic rings. The summed E-state index contributed by atoms with van der Waals surface area (Å²) in [6.45, 7) is 5.55. The molecule has 0 saturated carbocycles. The first kappa shape index (κ1) is 17.7. The molecule has 0 aliphatic heterocycles. The van der Waals surface area contributed by atoms with Crippen molar-refractivity contribution >= 4 is 11.8 Å². The first-order chi connectivity index (χ1) is 12.4. The molecule has 26 heavy (non-hydrogen) atoms. The number of amides is 1. The quantitative estimate of drug-likeness (QED) is 0.599. The Labute approximate surface area is 154 Å². The molecule has 3 nitrogen and oxygen atoms in total. The highest BCUT2D eigenvalue weighted by atomic mass is 16.6. The molecule has 0 bridgehead atoms. The monoisotopic (exact) mass is 345 g/mol. The number of benzene rings is 3. The third kappa shape index (κ3) is 4.73. The number of hydrogen-bond donors (Lipinski definition) is 1. The number of anilines is 1. The number of nitrogens with one attached hydrogen (secondary N) is 1. The van der Waals surface area contributed by atoms with Crippen LogP contribution in [0, 0.1) is 0 Å². The van der Waals surface area contributed by atoms with Crippen LogP contribution in [0.1, 0.15) is 20.8 Å². The summed E-state index contributed by atoms with van der Waals surface area (Å²) in [5.41, 5.74) is 4.44. The van der Waals surface area contributed by atoms with E-state index in [1.165, 1.54) is 0 Å². The Morgan fingerprint density at radius 1 is 0.731 bits per heavy atom. The van der Waals surface area contributed by atoms with Gasteiger partial charge in [0.15, 0.2) is 0 Å². The SMILES string of the molecule is CC(C)(C)OC(=O)Nc1cc(-c2ccccc2)cc(-c2ccccc2)c1. The van der Waals surface area contributed by atoms with Crippen molar-refractivity contribution in [2.45, 2.75) is 26.4 Å². The molecule has 0 heterocycles. The van der Waals surface area contributed by atoms with E-state index < -0.39 is 11.7 Å². The van der Waals surface area contributed by atoms with Crippen molar-refractivity contribution in [3.05, 3.63) is 78.9 Å². The van der Waals surface area contributed by atoms with E-state index in [1.807, 2.05) is 69.3 Å². The van der Waals surface area contributed by atoms with Gasteiger partial charge in [-0.15, -0.1) is 0 Å². The summed E-state index contributed by atoms with van der Waals surface area (Å²) >= 11 is 0. The first-order valence-electron chi connectivity index (χ1n) is 8.67. The second kappa shape index (κ2) is 7.44. The predicted octanol–water partition coefficient (Wildman–Crippen LogP) is 6.37. The minimum absolute atomic E-state index is 0.457. The van der Waals surface area contributed by atoms with Crippen LogP contribution in [-0.2, 0) is 4.74 Å². The van der Waals surface area contributed by atoms with Crippen molar-refractivity contribution in [1.29, 1.82) is 0 Å². The Morgan fingerprint density at radius 2 is 1.19 bits per heavy atom. The summed E-state index contributed by atoms with van der Waals surface area (Å²) in [6.07, 6.45) is -0.457. The van der Waals surface area contributed by atoms with Gasteiger partial charge in [-0.05, 0) is 61.2 Å². The zero-order valence-corrected chi connectivity index (χ0v) is 15.3. The fraction of sp³-hybridized carbons (Fsp3) is 0.174. The van der Waals surface area contributed by atoms with Gasteiger partial charge in [-0.25, -0.2) is 4.79 Å². The highest BCUT2D eigenvalue weighted by Crippen LogP contribution is 2.30. The zero-order chi connectivity index (χ0) is 18.6. The van der Waals surface area contributed by atoms with E-state index in [0.717, 1.165) is 22.3 Å². The second-order valence-electron chi connectivity index (χ2n) is 7.16. The predicted molar refractivity (Wildman–Crippen MR) is 107 cm³/mol. The van der Waals surface area contributed by atoms with Crippen LogP contribution >= 0.6 is 0 Å². The van der Waals surface area contributed by atoms with Crippen LogP contribution in [0.5, 0.6) is 0 Å². The van der Waals surface area contributed by atoms with Gasteiger partial charge in [0.05, 0.1) is 0 Å². The maximum Gasteiger partial charge on any atom is 0.412 e. The normalized spacial score (nSPS) is 11.0. The van der Waals surface area contributed by atoms with E-state index in [0.29, 0.717) is 5.69 Å². The van der Waals surface area contributed by atoms with Gasteiger partial charge in [-0.3, -0.25) is 5.32 Å². The number of hydrogen-bond acceptors (Lipinski definition) is 2. The minimum Gasteiger partial charge on any atom is -0.444 e. The van der Waals surface area contributed by atoms with Crippen molar-refractivity contribution in [3.8, 4) is 22.3 Å². The van der Waals surface area contributed by atoms with E-state index >= 15 is 0 Å². The summed E-state index contributed by atoms with van der Waals surface area (Å²) < 4.78 is 5.38. The lowest BCUT2D eigenvalue weighted by atomic mass is 9.98. The largest absolute Gasteiger partial charge is 0.444 e. The molecule has 3 aromatic carbocycles. The topological polar surface area (TPSA) is 38.3 Å². The average molecular weight is 345 g/mol. The lowest BCUT2D eigenvalue weighted by Gasteiger charge is -2.20. The lowest BCUT2D eigenvalue weighted by Crippen LogP contribution is -2.27. The van der Waals surface area contributed by atoms with Gasteiger partial charge in [0.25, 0.3) is 0 Å². The van der Waals surface area contributed by atoms with Crippen molar-refractivity contribution < 1.29 is 9.53 Å². The van der Waals surface area contributed by atoms with Crippen LogP contribution in [0.25, 0.3) is 22.3 Å². The molecule has 0 aliphatic rings. The van der Waals surface area contributed by atoms with Crippen LogP contribution in [0.15, 0.2) is 78.9 Å². The zero-order valence-electron chi connectivity index (χ0n) is 15.3. The van der Waals surface area contributed by atoms with Crippen molar-refractivity contribution in [1.82, 2.24) is 0 Å². The maximum atomic E-state index is 12.2. The van der Waals surface area contributed by atoms with Crippen LogP contribution in [-0.4, -0.2) is 11.7 Å². The van der Waals surface area contributed by atoms with E-state index in [2.05, 4.69) is 35.6 Å². The van der Waals surface area contributed by atoms with Gasteiger partial charge in [0, 0.05) is 5.69 Å². The van der Waals surface area contributed by atoms with Crippen LogP contribution in [0.2, 0.25) is 0 Å². The standard InChI is InChI=1S/C23H23NO2/c1-23(2,3)26-22(25)24-21-15-19(17-10-6-4-7-11-17)14-20(16-21)18-12-8-5-9-13-18/h4-16H,1-3H3,(H,24,25). The molecule has 132 valence electrons. The van der Waals surface area contributed by atoms with Crippen LogP contribution < -0.4 is 5.32 Å². The Morgan fingerprint density at radius 3 is 1.62 bits per heavy atom. The summed E-state index contributed by atoms with van der Waals surface area (Å²) in [5, 5.41) is 2.86. The molecule has 1 N–H and O–H groups in total. The third-order valence-corrected chi connectivity index (χ3v) is 3.79. The molecule has 0 unspecified atom stereocenters. The first-order valence-corrected chi connectivity index (χ1v) is 8.67. The number of carbonyl (C=O) groups is 1. The van der Waals surface area contributed by atoms with Gasteiger partial charge >= 0.3 is 6.09 Å². The van der Waals surface area contributed by atoms with E-state index in [9.17, 15) is 4.79 Å². The average Bonchev–Trinajstić information content (AvgIpc) is 2.61. The molecule has 0 aromatic heterocycles. The molecule has 1 amide bonds. The Hall–Kier alpha value is -3.07. The third-order valence-electron chi connectivity index (χ3n) is 3.79. The maximum absolute atomic E-state index is 12.2. The fourth-order valence-corrected chi connectivity index (χ4v) is 2.72. The molecular weight excluding hydrogens is 322 g/mol. The smallest absolute Gasteiger partial charge is 0.412 e. The molecular formula is C23H23NO2. The Kier molecular flexibility index (Phi) is 5.08. The summed E-state index contributed by atoms with van der Waals surface area (Å²) in [4.78, 5) is 12.2. The number of ether oxygens (including phenoxy) is 1. The highest BCUT2D eigenvalue weighted by molar-refractivity contribution is 5.88. The molecule has 0 atom stereocenters. The molecule has 0 spiro atoms. The van der Waals surface area contributed by atoms with Gasteiger partial charge in [0.1, 0.15) is 5.60 Å². The Balaban J connectivity index is 1.99. The summed E-state index contributed by atoms with van der Waals surface area (Å²) in [6, 6.07) is 26.3. The number of rotatable bonds is 3. The van der Waals surface area contributed by atoms with Crippen molar-refractivity contribution in [2.24, 2.45) is 0 Å². The van der Waals surface area contributed by atoms with Gasteiger partial charge in [-0.2, -0.15) is 0 Å².